The molecule has 1 aromatic carbocycles. The zero-order chi connectivity index (χ0) is 14.5. The Morgan fingerprint density at radius 3 is 2.48 bits per heavy atom. The minimum atomic E-state index is 0. The molecule has 1 aromatic rings. The Labute approximate surface area is 134 Å². The van der Waals surface area contributed by atoms with Crippen LogP contribution in [-0.2, 0) is 4.79 Å². The van der Waals surface area contributed by atoms with Crippen molar-refractivity contribution in [1.29, 1.82) is 0 Å². The summed E-state index contributed by atoms with van der Waals surface area (Å²) >= 11 is 0. The topological polar surface area (TPSA) is 55.1 Å². The van der Waals surface area contributed by atoms with Gasteiger partial charge in [0.25, 0.3) is 0 Å². The number of hydrogen-bond acceptors (Lipinski definition) is 2. The normalized spacial score (nSPS) is 22.7. The summed E-state index contributed by atoms with van der Waals surface area (Å²) in [5.74, 6) is 0.821. The van der Waals surface area contributed by atoms with E-state index in [1.165, 1.54) is 5.56 Å². The molecule has 0 heterocycles. The molecule has 0 spiro atoms. The van der Waals surface area contributed by atoms with Crippen molar-refractivity contribution >= 4 is 18.3 Å². The van der Waals surface area contributed by atoms with Gasteiger partial charge in [-0.25, -0.2) is 0 Å². The molecule has 1 amide bonds. The van der Waals surface area contributed by atoms with Crippen molar-refractivity contribution in [1.82, 2.24) is 5.32 Å². The first-order chi connectivity index (χ1) is 9.56. The number of halogens is 1. The molecular formula is C17H27ClN2O. The third-order valence-electron chi connectivity index (χ3n) is 4.07. The average molecular weight is 311 g/mol. The van der Waals surface area contributed by atoms with Crippen molar-refractivity contribution in [2.45, 2.75) is 51.6 Å². The Morgan fingerprint density at radius 1 is 1.29 bits per heavy atom. The summed E-state index contributed by atoms with van der Waals surface area (Å²) in [4.78, 5) is 12.4. The Kier molecular flexibility index (Phi) is 7.20. The predicted octanol–water partition coefficient (Wildman–Crippen LogP) is 3.44. The van der Waals surface area contributed by atoms with Crippen molar-refractivity contribution in [2.75, 3.05) is 0 Å². The lowest BCUT2D eigenvalue weighted by atomic mass is 9.96. The summed E-state index contributed by atoms with van der Waals surface area (Å²) in [6.45, 7) is 4.38. The summed E-state index contributed by atoms with van der Waals surface area (Å²) in [6.07, 6.45) is 3.69. The van der Waals surface area contributed by atoms with E-state index >= 15 is 0 Å². The highest BCUT2D eigenvalue weighted by molar-refractivity contribution is 5.85. The van der Waals surface area contributed by atoms with Gasteiger partial charge in [-0.05, 0) is 37.2 Å². The first kappa shape index (κ1) is 18.0. The highest BCUT2D eigenvalue weighted by Crippen LogP contribution is 2.27. The Morgan fingerprint density at radius 2 is 1.95 bits per heavy atom. The number of amides is 1. The standard InChI is InChI=1S/C17H26N2O.ClH/c1-12(2)10-16(13-6-4-3-5-7-13)19-17(20)14-8-9-15(18)11-14;/h3-7,12,14-16H,8-11,18H2,1-2H3,(H,19,20);1H. The van der Waals surface area contributed by atoms with Gasteiger partial charge < -0.3 is 11.1 Å². The van der Waals surface area contributed by atoms with Gasteiger partial charge in [-0.15, -0.1) is 12.4 Å². The van der Waals surface area contributed by atoms with E-state index < -0.39 is 0 Å². The molecule has 0 aliphatic heterocycles. The van der Waals surface area contributed by atoms with Crippen molar-refractivity contribution in [3.63, 3.8) is 0 Å². The SMILES string of the molecule is CC(C)CC(NC(=O)C1CCC(N)C1)c1ccccc1.Cl. The van der Waals surface area contributed by atoms with Crippen LogP contribution >= 0.6 is 12.4 Å². The molecule has 3 atom stereocenters. The molecule has 21 heavy (non-hydrogen) atoms. The van der Waals surface area contributed by atoms with Crippen LogP contribution in [0.2, 0.25) is 0 Å². The van der Waals surface area contributed by atoms with Gasteiger partial charge >= 0.3 is 0 Å². The van der Waals surface area contributed by atoms with Gasteiger partial charge in [-0.3, -0.25) is 4.79 Å². The van der Waals surface area contributed by atoms with Crippen molar-refractivity contribution < 1.29 is 4.79 Å². The minimum Gasteiger partial charge on any atom is -0.349 e. The fraction of sp³-hybridized carbons (Fsp3) is 0.588. The molecule has 0 radical (unpaired) electrons. The number of rotatable bonds is 5. The van der Waals surface area contributed by atoms with E-state index in [0.717, 1.165) is 25.7 Å². The molecular weight excluding hydrogens is 284 g/mol. The molecule has 3 unspecified atom stereocenters. The van der Waals surface area contributed by atoms with Gasteiger partial charge in [-0.2, -0.15) is 0 Å². The molecule has 0 bridgehead atoms. The minimum absolute atomic E-state index is 0. The summed E-state index contributed by atoms with van der Waals surface area (Å²) in [5, 5.41) is 3.23. The van der Waals surface area contributed by atoms with E-state index in [0.29, 0.717) is 5.92 Å². The summed E-state index contributed by atoms with van der Waals surface area (Å²) in [5.41, 5.74) is 7.10. The van der Waals surface area contributed by atoms with Crippen molar-refractivity contribution in [3.05, 3.63) is 35.9 Å². The first-order valence-corrected chi connectivity index (χ1v) is 7.67. The van der Waals surface area contributed by atoms with Crippen molar-refractivity contribution in [3.8, 4) is 0 Å². The third kappa shape index (κ3) is 5.33. The van der Waals surface area contributed by atoms with Crippen LogP contribution in [0.25, 0.3) is 0 Å². The van der Waals surface area contributed by atoms with E-state index in [2.05, 4.69) is 31.3 Å². The lowest BCUT2D eigenvalue weighted by Gasteiger charge is -2.23. The Bertz CT molecular complexity index is 436. The van der Waals surface area contributed by atoms with E-state index in [-0.39, 0.29) is 36.3 Å². The summed E-state index contributed by atoms with van der Waals surface area (Å²) < 4.78 is 0. The van der Waals surface area contributed by atoms with Crippen LogP contribution in [0.1, 0.15) is 51.1 Å². The second kappa shape index (κ2) is 8.40. The van der Waals surface area contributed by atoms with Crippen LogP contribution in [0, 0.1) is 11.8 Å². The zero-order valence-corrected chi connectivity index (χ0v) is 13.7. The largest absolute Gasteiger partial charge is 0.349 e. The molecule has 118 valence electrons. The van der Waals surface area contributed by atoms with Crippen LogP contribution in [-0.4, -0.2) is 11.9 Å². The van der Waals surface area contributed by atoms with E-state index in [1.54, 1.807) is 0 Å². The quantitative estimate of drug-likeness (QED) is 0.875. The number of carbonyl (C=O) groups is 1. The second-order valence-corrected chi connectivity index (χ2v) is 6.37. The van der Waals surface area contributed by atoms with Crippen LogP contribution in [0.3, 0.4) is 0 Å². The second-order valence-electron chi connectivity index (χ2n) is 6.37. The van der Waals surface area contributed by atoms with Crippen LogP contribution in [0.5, 0.6) is 0 Å². The van der Waals surface area contributed by atoms with Gasteiger partial charge in [0.05, 0.1) is 6.04 Å². The molecule has 2 rings (SSSR count). The number of hydrogen-bond donors (Lipinski definition) is 2. The van der Waals surface area contributed by atoms with Crippen LogP contribution < -0.4 is 11.1 Å². The van der Waals surface area contributed by atoms with Gasteiger partial charge in [0, 0.05) is 12.0 Å². The number of nitrogens with one attached hydrogen (secondary N) is 1. The monoisotopic (exact) mass is 310 g/mol. The Hall–Kier alpha value is -1.06. The molecule has 1 saturated carbocycles. The zero-order valence-electron chi connectivity index (χ0n) is 12.9. The maximum Gasteiger partial charge on any atom is 0.223 e. The molecule has 0 saturated heterocycles. The fourth-order valence-electron chi connectivity index (χ4n) is 2.98. The lowest BCUT2D eigenvalue weighted by Crippen LogP contribution is -2.34. The smallest absolute Gasteiger partial charge is 0.223 e. The maximum atomic E-state index is 12.4. The molecule has 3 nitrogen and oxygen atoms in total. The van der Waals surface area contributed by atoms with E-state index in [4.69, 9.17) is 5.73 Å². The molecule has 0 aromatic heterocycles. The number of carbonyl (C=O) groups excluding carboxylic acids is 1. The lowest BCUT2D eigenvalue weighted by molar-refractivity contribution is -0.125. The molecule has 1 fully saturated rings. The maximum absolute atomic E-state index is 12.4. The predicted molar refractivity (Wildman–Crippen MR) is 89.3 cm³/mol. The van der Waals surface area contributed by atoms with Crippen LogP contribution in [0.4, 0.5) is 0 Å². The number of benzene rings is 1. The van der Waals surface area contributed by atoms with Crippen LogP contribution in [0.15, 0.2) is 30.3 Å². The summed E-state index contributed by atoms with van der Waals surface area (Å²) in [6, 6.07) is 10.6. The van der Waals surface area contributed by atoms with Gasteiger partial charge in [0.1, 0.15) is 0 Å². The fourth-order valence-corrected chi connectivity index (χ4v) is 2.98. The van der Waals surface area contributed by atoms with Gasteiger partial charge in [0.2, 0.25) is 5.91 Å². The van der Waals surface area contributed by atoms with Gasteiger partial charge in [0.15, 0.2) is 0 Å². The molecule has 1 aliphatic carbocycles. The average Bonchev–Trinajstić information content (AvgIpc) is 2.85. The van der Waals surface area contributed by atoms with E-state index in [1.807, 2.05) is 18.2 Å². The van der Waals surface area contributed by atoms with Gasteiger partial charge in [-0.1, -0.05) is 44.2 Å². The molecule has 1 aliphatic rings. The third-order valence-corrected chi connectivity index (χ3v) is 4.07. The molecule has 3 N–H and O–H groups in total. The molecule has 4 heteroatoms. The first-order valence-electron chi connectivity index (χ1n) is 7.67. The highest BCUT2D eigenvalue weighted by Gasteiger charge is 2.29. The van der Waals surface area contributed by atoms with Crippen molar-refractivity contribution in [2.24, 2.45) is 17.6 Å². The Balaban J connectivity index is 0.00000220. The highest BCUT2D eigenvalue weighted by atomic mass is 35.5. The summed E-state index contributed by atoms with van der Waals surface area (Å²) in [7, 11) is 0. The van der Waals surface area contributed by atoms with E-state index in [9.17, 15) is 4.79 Å². The number of nitrogens with two attached hydrogens (primary N) is 1.